The van der Waals surface area contributed by atoms with Gasteiger partial charge in [-0.15, -0.1) is 0 Å². The highest BCUT2D eigenvalue weighted by Crippen LogP contribution is 2.13. The van der Waals surface area contributed by atoms with E-state index in [2.05, 4.69) is 10.2 Å². The van der Waals surface area contributed by atoms with Crippen LogP contribution in [0.3, 0.4) is 0 Å². The Balaban J connectivity index is 2.41. The Kier molecular flexibility index (Phi) is 4.01. The summed E-state index contributed by atoms with van der Waals surface area (Å²) in [7, 11) is 2.70. The van der Waals surface area contributed by atoms with E-state index in [0.717, 1.165) is 13.9 Å². The van der Waals surface area contributed by atoms with Crippen LogP contribution in [0.15, 0.2) is 49.6 Å². The minimum Gasteiger partial charge on any atom is -0.302 e. The second-order valence-electron chi connectivity index (χ2n) is 5.26. The van der Waals surface area contributed by atoms with Gasteiger partial charge in [0.15, 0.2) is 5.69 Å². The van der Waals surface area contributed by atoms with E-state index < -0.39 is 22.2 Å². The number of nitrogens with zero attached hydrogens (tertiary/aromatic N) is 4. The number of aryl methyl sites for hydroxylation is 2. The van der Waals surface area contributed by atoms with Crippen LogP contribution in [-0.2, 0) is 14.1 Å². The number of aromatic amines is 1. The fraction of sp³-hybridized carbons (Fsp3) is 0.133. The van der Waals surface area contributed by atoms with Crippen LogP contribution < -0.4 is 22.2 Å². The highest BCUT2D eigenvalue weighted by molar-refractivity contribution is 6.30. The van der Waals surface area contributed by atoms with Crippen molar-refractivity contribution in [2.75, 3.05) is 0 Å². The zero-order chi connectivity index (χ0) is 18.3. The summed E-state index contributed by atoms with van der Waals surface area (Å²) in [6.45, 7) is 0. The quantitative estimate of drug-likeness (QED) is 0.626. The summed E-state index contributed by atoms with van der Waals surface area (Å²) in [4.78, 5) is 49.2. The van der Waals surface area contributed by atoms with Crippen molar-refractivity contribution in [1.29, 1.82) is 0 Å². The van der Waals surface area contributed by atoms with Crippen LogP contribution in [0.4, 0.5) is 0 Å². The van der Waals surface area contributed by atoms with E-state index in [1.54, 1.807) is 12.1 Å². The van der Waals surface area contributed by atoms with Gasteiger partial charge in [-0.05, 0) is 18.2 Å². The first-order valence-electron chi connectivity index (χ1n) is 7.06. The minimum absolute atomic E-state index is 0.223. The zero-order valence-corrected chi connectivity index (χ0v) is 13.9. The Labute approximate surface area is 144 Å². The van der Waals surface area contributed by atoms with Crippen molar-refractivity contribution in [2.24, 2.45) is 14.1 Å². The van der Waals surface area contributed by atoms with Crippen molar-refractivity contribution in [3.8, 4) is 16.9 Å². The lowest BCUT2D eigenvalue weighted by molar-refractivity contribution is 0.634. The van der Waals surface area contributed by atoms with Crippen LogP contribution in [0.25, 0.3) is 16.9 Å². The van der Waals surface area contributed by atoms with Gasteiger partial charge in [0.1, 0.15) is 0 Å². The van der Waals surface area contributed by atoms with Crippen molar-refractivity contribution in [1.82, 2.24) is 24.1 Å². The fourth-order valence-corrected chi connectivity index (χ4v) is 2.50. The highest BCUT2D eigenvalue weighted by atomic mass is 35.5. The van der Waals surface area contributed by atoms with Crippen LogP contribution in [0.1, 0.15) is 0 Å². The molecule has 1 aromatic carbocycles. The molecule has 0 aliphatic carbocycles. The van der Waals surface area contributed by atoms with E-state index in [0.29, 0.717) is 5.02 Å². The normalized spacial score (nSPS) is 10.8. The van der Waals surface area contributed by atoms with E-state index in [9.17, 15) is 19.2 Å². The molecule has 0 fully saturated rings. The third-order valence-corrected chi connectivity index (χ3v) is 3.83. The maximum absolute atomic E-state index is 12.8. The number of hydrogen-bond acceptors (Lipinski definition) is 5. The van der Waals surface area contributed by atoms with E-state index in [4.69, 9.17) is 11.6 Å². The summed E-state index contributed by atoms with van der Waals surface area (Å²) in [5, 5.41) is 6.73. The molecule has 0 spiro atoms. The Morgan fingerprint density at radius 1 is 1.08 bits per heavy atom. The molecule has 3 aromatic rings. The molecule has 0 amide bonds. The standard InChI is InChI=1S/C15H12ClN5O4/c1-19-14(24)12(22)10(7-17-19)11-13(23)21(15(25)20(2)18-11)9-5-3-4-8(16)6-9/h3-7,17H,1-2H3. The van der Waals surface area contributed by atoms with Crippen molar-refractivity contribution in [3.05, 3.63) is 76.9 Å². The molecule has 0 atom stereocenters. The first-order chi connectivity index (χ1) is 11.8. The Hall–Kier alpha value is -3.20. The first-order valence-corrected chi connectivity index (χ1v) is 7.44. The second kappa shape index (κ2) is 6.02. The van der Waals surface area contributed by atoms with E-state index in [1.165, 1.54) is 32.4 Å². The lowest BCUT2D eigenvalue weighted by Gasteiger charge is -2.09. The van der Waals surface area contributed by atoms with Crippen molar-refractivity contribution >= 4 is 11.6 Å². The van der Waals surface area contributed by atoms with Gasteiger partial charge < -0.3 is 5.10 Å². The molecule has 10 heteroatoms. The molecule has 128 valence electrons. The molecule has 0 unspecified atom stereocenters. The van der Waals surface area contributed by atoms with Gasteiger partial charge in [-0.3, -0.25) is 19.1 Å². The molecule has 0 radical (unpaired) electrons. The molecule has 0 saturated heterocycles. The summed E-state index contributed by atoms with van der Waals surface area (Å²) in [5.74, 6) is 0. The number of hydrogen-bond donors (Lipinski definition) is 1. The number of nitrogens with one attached hydrogen (secondary N) is 1. The fourth-order valence-electron chi connectivity index (χ4n) is 2.31. The second-order valence-corrected chi connectivity index (χ2v) is 5.69. The number of rotatable bonds is 2. The number of benzene rings is 1. The summed E-state index contributed by atoms with van der Waals surface area (Å²) >= 11 is 5.92. The number of halogens is 1. The van der Waals surface area contributed by atoms with Gasteiger partial charge in [0.25, 0.3) is 11.0 Å². The van der Waals surface area contributed by atoms with Gasteiger partial charge in [-0.2, -0.15) is 5.10 Å². The number of H-pyrrole nitrogens is 1. The van der Waals surface area contributed by atoms with Gasteiger partial charge >= 0.3 is 11.2 Å². The van der Waals surface area contributed by atoms with Crippen molar-refractivity contribution in [3.63, 3.8) is 0 Å². The molecule has 0 saturated carbocycles. The Morgan fingerprint density at radius 3 is 2.48 bits per heavy atom. The summed E-state index contributed by atoms with van der Waals surface area (Å²) in [6, 6.07) is 6.12. The average molecular weight is 362 g/mol. The zero-order valence-electron chi connectivity index (χ0n) is 13.2. The predicted molar refractivity (Wildman–Crippen MR) is 91.4 cm³/mol. The molecule has 9 nitrogen and oxygen atoms in total. The molecule has 2 aromatic heterocycles. The minimum atomic E-state index is -0.901. The topological polar surface area (TPSA) is 112 Å². The summed E-state index contributed by atoms with van der Waals surface area (Å²) < 4.78 is 2.73. The smallest absolute Gasteiger partial charge is 0.302 e. The molecule has 0 aliphatic rings. The van der Waals surface area contributed by atoms with E-state index >= 15 is 0 Å². The third kappa shape index (κ3) is 2.74. The first kappa shape index (κ1) is 16.7. The van der Waals surface area contributed by atoms with Crippen LogP contribution >= 0.6 is 11.6 Å². The van der Waals surface area contributed by atoms with Crippen molar-refractivity contribution in [2.45, 2.75) is 0 Å². The van der Waals surface area contributed by atoms with Gasteiger partial charge in [0, 0.05) is 25.3 Å². The Bertz CT molecular complexity index is 1220. The summed E-state index contributed by atoms with van der Waals surface area (Å²) in [6.07, 6.45) is 1.19. The Morgan fingerprint density at radius 2 is 1.80 bits per heavy atom. The maximum atomic E-state index is 12.8. The van der Waals surface area contributed by atoms with Crippen LogP contribution in [0.5, 0.6) is 0 Å². The molecule has 0 aliphatic heterocycles. The van der Waals surface area contributed by atoms with Crippen molar-refractivity contribution < 1.29 is 0 Å². The average Bonchev–Trinajstić information content (AvgIpc) is 2.57. The number of aromatic nitrogens is 5. The van der Waals surface area contributed by atoms with Crippen LogP contribution in [-0.4, -0.2) is 24.1 Å². The van der Waals surface area contributed by atoms with Gasteiger partial charge in [-0.25, -0.2) is 14.0 Å². The SMILES string of the molecule is Cn1nc(-c2c[nH]n(C)c(=O)c2=O)c(=O)n(-c2cccc(Cl)c2)c1=O. The highest BCUT2D eigenvalue weighted by Gasteiger charge is 2.18. The van der Waals surface area contributed by atoms with Gasteiger partial charge in [0.2, 0.25) is 0 Å². The summed E-state index contributed by atoms with van der Waals surface area (Å²) in [5.41, 5.74) is -3.60. The predicted octanol–water partition coefficient (Wildman–Crippen LogP) is -0.361. The lowest BCUT2D eigenvalue weighted by Crippen LogP contribution is -2.42. The lowest BCUT2D eigenvalue weighted by atomic mass is 10.2. The molecule has 1 N–H and O–H groups in total. The van der Waals surface area contributed by atoms with Crippen LogP contribution in [0.2, 0.25) is 5.02 Å². The monoisotopic (exact) mass is 361 g/mol. The molecular weight excluding hydrogens is 350 g/mol. The third-order valence-electron chi connectivity index (χ3n) is 3.59. The van der Waals surface area contributed by atoms with E-state index in [1.807, 2.05) is 0 Å². The molecule has 25 heavy (non-hydrogen) atoms. The molecule has 2 heterocycles. The molecular formula is C15H12ClN5O4. The molecule has 3 rings (SSSR count). The molecule has 0 bridgehead atoms. The van der Waals surface area contributed by atoms with Gasteiger partial charge in [-0.1, -0.05) is 17.7 Å². The van der Waals surface area contributed by atoms with E-state index in [-0.39, 0.29) is 16.9 Å². The maximum Gasteiger partial charge on any atom is 0.351 e. The largest absolute Gasteiger partial charge is 0.351 e. The van der Waals surface area contributed by atoms with Gasteiger partial charge in [0.05, 0.1) is 11.3 Å². The van der Waals surface area contributed by atoms with Crippen LogP contribution in [0, 0.1) is 0 Å².